The fraction of sp³-hybridized carbons (Fsp3) is 0.320. The Kier molecular flexibility index (Phi) is 7.97. The maximum absolute atomic E-state index is 12.7. The van der Waals surface area contributed by atoms with Gasteiger partial charge in [-0.1, -0.05) is 24.3 Å². The molecule has 1 fully saturated rings. The molecule has 0 radical (unpaired) electrons. The number of halogens is 3. The largest absolute Gasteiger partial charge is 0.573 e. The second-order valence-corrected chi connectivity index (χ2v) is 8.19. The number of carbonyl (C=O) groups excluding carboxylic acids is 1. The van der Waals surface area contributed by atoms with Gasteiger partial charge in [0.05, 0.1) is 23.5 Å². The number of amides is 1. The van der Waals surface area contributed by atoms with E-state index in [4.69, 9.17) is 14.6 Å². The van der Waals surface area contributed by atoms with Crippen LogP contribution in [0.5, 0.6) is 11.5 Å². The minimum atomic E-state index is -4.94. The molecule has 1 aromatic heterocycles. The Hall–Kier alpha value is -4.06. The Morgan fingerprint density at radius 2 is 1.84 bits per heavy atom. The zero-order chi connectivity index (χ0) is 26.4. The number of aromatic nitrogens is 2. The molecule has 1 aliphatic rings. The highest BCUT2D eigenvalue weighted by molar-refractivity contribution is 5.96. The summed E-state index contributed by atoms with van der Waals surface area (Å²) < 4.78 is 55.2. The number of ether oxygens (including phenoxy) is 3. The molecule has 37 heavy (non-hydrogen) atoms. The molecule has 12 heteroatoms. The zero-order valence-electron chi connectivity index (χ0n) is 19.5. The number of carbonyl (C=O) groups is 2. The quantitative estimate of drug-likeness (QED) is 0.427. The molecule has 4 rings (SSSR count). The molecule has 2 N–H and O–H groups in total. The first-order valence-electron chi connectivity index (χ1n) is 11.5. The maximum Gasteiger partial charge on any atom is 0.573 e. The molecule has 0 bridgehead atoms. The molecular formula is C25H24F3N3O6. The summed E-state index contributed by atoms with van der Waals surface area (Å²) in [6.45, 7) is -0.0827. The Bertz CT molecular complexity index is 1250. The van der Waals surface area contributed by atoms with Crippen LogP contribution < -0.4 is 14.8 Å². The molecule has 0 aliphatic carbocycles. The summed E-state index contributed by atoms with van der Waals surface area (Å²) in [4.78, 5) is 23.7. The van der Waals surface area contributed by atoms with Gasteiger partial charge in [-0.25, -0.2) is 9.48 Å². The van der Waals surface area contributed by atoms with E-state index in [0.717, 1.165) is 18.9 Å². The number of hydrogen-bond donors (Lipinski definition) is 2. The summed E-state index contributed by atoms with van der Waals surface area (Å²) >= 11 is 0. The summed E-state index contributed by atoms with van der Waals surface area (Å²) in [7, 11) is 0. The number of carboxylic acid groups (broad SMARTS) is 1. The van der Waals surface area contributed by atoms with Gasteiger partial charge in [-0.15, -0.1) is 13.2 Å². The van der Waals surface area contributed by atoms with E-state index in [0.29, 0.717) is 35.7 Å². The predicted octanol–water partition coefficient (Wildman–Crippen LogP) is 4.54. The SMILES string of the molecule is O=C(O)COc1ccccc1-c1cc(CNC(=O)c2ccccc2OC(F)(F)F)nn1C1CCCCO1. The van der Waals surface area contributed by atoms with Crippen molar-refractivity contribution in [1.82, 2.24) is 15.1 Å². The normalized spacial score (nSPS) is 15.7. The van der Waals surface area contributed by atoms with Gasteiger partial charge in [0, 0.05) is 12.2 Å². The third-order valence-electron chi connectivity index (χ3n) is 5.52. The monoisotopic (exact) mass is 519 g/mol. The maximum atomic E-state index is 12.7. The number of rotatable bonds is 9. The molecule has 2 heterocycles. The Morgan fingerprint density at radius 3 is 2.54 bits per heavy atom. The summed E-state index contributed by atoms with van der Waals surface area (Å²) in [6, 6.07) is 13.6. The Balaban J connectivity index is 1.60. The van der Waals surface area contributed by atoms with Gasteiger partial charge in [-0.05, 0) is 49.6 Å². The topological polar surface area (TPSA) is 112 Å². The molecule has 1 atom stereocenters. The van der Waals surface area contributed by atoms with Crippen molar-refractivity contribution in [3.05, 3.63) is 65.9 Å². The van der Waals surface area contributed by atoms with Crippen molar-refractivity contribution in [2.45, 2.75) is 38.4 Å². The van der Waals surface area contributed by atoms with Gasteiger partial charge in [0.2, 0.25) is 0 Å². The molecule has 1 aliphatic heterocycles. The van der Waals surface area contributed by atoms with E-state index in [1.165, 1.54) is 18.2 Å². The van der Waals surface area contributed by atoms with Crippen LogP contribution in [0.4, 0.5) is 13.2 Å². The van der Waals surface area contributed by atoms with Crippen LogP contribution >= 0.6 is 0 Å². The predicted molar refractivity (Wildman–Crippen MR) is 124 cm³/mol. The van der Waals surface area contributed by atoms with Crippen LogP contribution in [0.3, 0.4) is 0 Å². The van der Waals surface area contributed by atoms with Gasteiger partial charge in [0.15, 0.2) is 12.8 Å². The van der Waals surface area contributed by atoms with Crippen molar-refractivity contribution in [1.29, 1.82) is 0 Å². The smallest absolute Gasteiger partial charge is 0.481 e. The van der Waals surface area contributed by atoms with E-state index in [2.05, 4.69) is 15.2 Å². The summed E-state index contributed by atoms with van der Waals surface area (Å²) in [5.41, 5.74) is 1.30. The van der Waals surface area contributed by atoms with Crippen molar-refractivity contribution in [2.75, 3.05) is 13.2 Å². The number of nitrogens with one attached hydrogen (secondary N) is 1. The lowest BCUT2D eigenvalue weighted by molar-refractivity contribution is -0.274. The van der Waals surface area contributed by atoms with E-state index >= 15 is 0 Å². The van der Waals surface area contributed by atoms with Crippen LogP contribution in [0.2, 0.25) is 0 Å². The molecule has 1 saturated heterocycles. The summed E-state index contributed by atoms with van der Waals surface area (Å²) in [5.74, 6) is -2.18. The average molecular weight is 519 g/mol. The minimum Gasteiger partial charge on any atom is -0.481 e. The van der Waals surface area contributed by atoms with Crippen molar-refractivity contribution >= 4 is 11.9 Å². The molecule has 0 saturated carbocycles. The van der Waals surface area contributed by atoms with Crippen LogP contribution in [0.25, 0.3) is 11.3 Å². The van der Waals surface area contributed by atoms with Crippen LogP contribution in [-0.2, 0) is 16.1 Å². The van der Waals surface area contributed by atoms with Crippen LogP contribution in [0.15, 0.2) is 54.6 Å². The lowest BCUT2D eigenvalue weighted by Crippen LogP contribution is -2.26. The first-order valence-corrected chi connectivity index (χ1v) is 11.5. The van der Waals surface area contributed by atoms with E-state index in [1.54, 1.807) is 35.0 Å². The summed E-state index contributed by atoms with van der Waals surface area (Å²) in [6.07, 6.45) is -2.81. The fourth-order valence-electron chi connectivity index (χ4n) is 3.95. The van der Waals surface area contributed by atoms with E-state index < -0.39 is 30.6 Å². The minimum absolute atomic E-state index is 0.0932. The van der Waals surface area contributed by atoms with Gasteiger partial charge in [-0.2, -0.15) is 5.10 Å². The van der Waals surface area contributed by atoms with Crippen molar-refractivity contribution < 1.29 is 42.1 Å². The average Bonchev–Trinajstić information content (AvgIpc) is 3.30. The number of aliphatic carboxylic acids is 1. The standard InChI is InChI=1S/C25H24F3N3O6/c26-25(27,28)37-21-10-4-2-8-18(21)24(34)29-14-16-13-19(31(30-16)22-11-5-6-12-35-22)17-7-1-3-9-20(17)36-15-23(32)33/h1-4,7-10,13,22H,5-6,11-12,14-15H2,(H,29,34)(H,32,33). The first kappa shape index (κ1) is 26.0. The third-order valence-corrected chi connectivity index (χ3v) is 5.52. The second-order valence-electron chi connectivity index (χ2n) is 8.19. The Morgan fingerprint density at radius 1 is 1.11 bits per heavy atom. The number of para-hydroxylation sites is 2. The lowest BCUT2D eigenvalue weighted by Gasteiger charge is -2.25. The highest BCUT2D eigenvalue weighted by Crippen LogP contribution is 2.34. The van der Waals surface area contributed by atoms with E-state index in [9.17, 15) is 22.8 Å². The number of alkyl halides is 3. The van der Waals surface area contributed by atoms with Crippen molar-refractivity contribution in [2.24, 2.45) is 0 Å². The van der Waals surface area contributed by atoms with E-state index in [-0.39, 0.29) is 18.3 Å². The number of benzene rings is 2. The molecular weight excluding hydrogens is 495 g/mol. The van der Waals surface area contributed by atoms with Gasteiger partial charge in [0.1, 0.15) is 11.5 Å². The molecule has 1 unspecified atom stereocenters. The van der Waals surface area contributed by atoms with Crippen molar-refractivity contribution in [3.63, 3.8) is 0 Å². The van der Waals surface area contributed by atoms with Gasteiger partial charge >= 0.3 is 12.3 Å². The molecule has 3 aromatic rings. The summed E-state index contributed by atoms with van der Waals surface area (Å²) in [5, 5.41) is 16.2. The first-order chi connectivity index (χ1) is 17.7. The molecule has 1 amide bonds. The fourth-order valence-corrected chi connectivity index (χ4v) is 3.95. The lowest BCUT2D eigenvalue weighted by atomic mass is 10.1. The molecule has 0 spiro atoms. The number of carboxylic acids is 1. The zero-order valence-corrected chi connectivity index (χ0v) is 19.5. The van der Waals surface area contributed by atoms with Gasteiger partial charge in [-0.3, -0.25) is 4.79 Å². The molecule has 2 aromatic carbocycles. The second kappa shape index (κ2) is 11.3. The highest BCUT2D eigenvalue weighted by Gasteiger charge is 2.33. The van der Waals surface area contributed by atoms with Crippen LogP contribution in [0.1, 0.15) is 41.5 Å². The third kappa shape index (κ3) is 6.79. The highest BCUT2D eigenvalue weighted by atomic mass is 19.4. The molecule has 9 nitrogen and oxygen atoms in total. The van der Waals surface area contributed by atoms with Crippen molar-refractivity contribution in [3.8, 4) is 22.8 Å². The van der Waals surface area contributed by atoms with Gasteiger partial charge in [0.25, 0.3) is 5.91 Å². The number of nitrogens with zero attached hydrogens (tertiary/aromatic N) is 2. The van der Waals surface area contributed by atoms with Crippen LogP contribution in [-0.4, -0.2) is 46.3 Å². The number of hydrogen-bond acceptors (Lipinski definition) is 6. The Labute approximate surface area is 209 Å². The molecule has 196 valence electrons. The van der Waals surface area contributed by atoms with Crippen LogP contribution in [0, 0.1) is 0 Å². The van der Waals surface area contributed by atoms with E-state index in [1.807, 2.05) is 0 Å². The van der Waals surface area contributed by atoms with Gasteiger partial charge < -0.3 is 24.6 Å².